The van der Waals surface area contributed by atoms with Crippen LogP contribution < -0.4 is 19.1 Å². The van der Waals surface area contributed by atoms with Crippen molar-refractivity contribution in [2.45, 2.75) is 57.6 Å². The maximum Gasteiger partial charge on any atom is 0.264 e. The zero-order valence-electron chi connectivity index (χ0n) is 24.2. The van der Waals surface area contributed by atoms with Crippen LogP contribution in [0, 0.1) is 12.7 Å². The summed E-state index contributed by atoms with van der Waals surface area (Å²) in [5.41, 5.74) is 1.90. The molecule has 0 fully saturated rings. The molecule has 0 saturated carbocycles. The Hall–Kier alpha value is -4.12. The van der Waals surface area contributed by atoms with E-state index in [4.69, 9.17) is 9.47 Å². The second-order valence-electron chi connectivity index (χ2n) is 10.3. The van der Waals surface area contributed by atoms with Crippen molar-refractivity contribution < 1.29 is 31.9 Å². The van der Waals surface area contributed by atoms with E-state index in [0.717, 1.165) is 27.6 Å². The van der Waals surface area contributed by atoms with E-state index in [-0.39, 0.29) is 41.4 Å². The SMILES string of the molecule is CC[C@@H](C)NC(=O)[C@@H](C)N(Cc1ccc(C)cc1)C(=O)CN(c1ccc(F)cc1)S(=O)(=O)c1ccc2c(c1)OCCO2. The first-order valence-corrected chi connectivity index (χ1v) is 15.3. The summed E-state index contributed by atoms with van der Waals surface area (Å²) in [5, 5.41) is 2.90. The molecule has 0 unspecified atom stereocenters. The predicted octanol–water partition coefficient (Wildman–Crippen LogP) is 4.43. The highest BCUT2D eigenvalue weighted by molar-refractivity contribution is 7.92. The first kappa shape index (κ1) is 30.8. The van der Waals surface area contributed by atoms with Crippen molar-refractivity contribution >= 4 is 27.5 Å². The molecule has 9 nitrogen and oxygen atoms in total. The molecule has 1 N–H and O–H groups in total. The molecule has 3 aromatic rings. The van der Waals surface area contributed by atoms with Crippen LogP contribution in [-0.2, 0) is 26.2 Å². The number of amides is 2. The van der Waals surface area contributed by atoms with Crippen LogP contribution in [-0.4, -0.2) is 57.0 Å². The molecular weight excluding hydrogens is 561 g/mol. The van der Waals surface area contributed by atoms with Crippen molar-refractivity contribution in [3.8, 4) is 11.5 Å². The molecule has 2 amide bonds. The quantitative estimate of drug-likeness (QED) is 0.351. The van der Waals surface area contributed by atoms with Gasteiger partial charge in [-0.2, -0.15) is 0 Å². The summed E-state index contributed by atoms with van der Waals surface area (Å²) in [5.74, 6) is -0.835. The number of aryl methyl sites for hydroxylation is 1. The number of nitrogens with zero attached hydrogens (tertiary/aromatic N) is 2. The summed E-state index contributed by atoms with van der Waals surface area (Å²) < 4.78 is 53.9. The fourth-order valence-corrected chi connectivity index (χ4v) is 5.82. The first-order chi connectivity index (χ1) is 20.0. The third kappa shape index (κ3) is 7.20. The number of hydrogen-bond acceptors (Lipinski definition) is 6. The highest BCUT2D eigenvalue weighted by atomic mass is 32.2. The molecule has 1 aliphatic heterocycles. The van der Waals surface area contributed by atoms with Crippen LogP contribution >= 0.6 is 0 Å². The number of carbonyl (C=O) groups excluding carboxylic acids is 2. The molecule has 2 atom stereocenters. The number of hydrogen-bond donors (Lipinski definition) is 1. The van der Waals surface area contributed by atoms with Crippen LogP contribution in [0.3, 0.4) is 0 Å². The Morgan fingerprint density at radius 3 is 2.24 bits per heavy atom. The van der Waals surface area contributed by atoms with Crippen LogP contribution in [0.5, 0.6) is 11.5 Å². The van der Waals surface area contributed by atoms with E-state index < -0.39 is 34.3 Å². The van der Waals surface area contributed by atoms with Crippen LogP contribution in [0.2, 0.25) is 0 Å². The number of ether oxygens (including phenoxy) is 2. The number of rotatable bonds is 11. The molecule has 11 heteroatoms. The largest absolute Gasteiger partial charge is 0.486 e. The van der Waals surface area contributed by atoms with Crippen LogP contribution in [0.4, 0.5) is 10.1 Å². The third-order valence-corrected chi connectivity index (χ3v) is 8.91. The third-order valence-electron chi connectivity index (χ3n) is 7.14. The topological polar surface area (TPSA) is 105 Å². The summed E-state index contributed by atoms with van der Waals surface area (Å²) in [6.07, 6.45) is 0.705. The van der Waals surface area contributed by atoms with E-state index in [1.807, 2.05) is 45.0 Å². The second-order valence-corrected chi connectivity index (χ2v) is 12.2. The fourth-order valence-electron chi connectivity index (χ4n) is 4.39. The van der Waals surface area contributed by atoms with Crippen molar-refractivity contribution in [1.29, 1.82) is 0 Å². The van der Waals surface area contributed by atoms with Gasteiger partial charge in [0, 0.05) is 18.7 Å². The van der Waals surface area contributed by atoms with Crippen molar-refractivity contribution in [2.24, 2.45) is 0 Å². The number of halogens is 1. The summed E-state index contributed by atoms with van der Waals surface area (Å²) in [7, 11) is -4.35. The van der Waals surface area contributed by atoms with Crippen molar-refractivity contribution in [1.82, 2.24) is 10.2 Å². The monoisotopic (exact) mass is 597 g/mol. The minimum Gasteiger partial charge on any atom is -0.486 e. The van der Waals surface area contributed by atoms with Gasteiger partial charge in [0.2, 0.25) is 11.8 Å². The van der Waals surface area contributed by atoms with E-state index in [0.29, 0.717) is 18.8 Å². The lowest BCUT2D eigenvalue weighted by atomic mass is 10.1. The minimum atomic E-state index is -4.35. The van der Waals surface area contributed by atoms with E-state index in [2.05, 4.69) is 5.32 Å². The van der Waals surface area contributed by atoms with Gasteiger partial charge in [-0.1, -0.05) is 36.8 Å². The van der Waals surface area contributed by atoms with Gasteiger partial charge in [-0.15, -0.1) is 0 Å². The molecule has 1 aliphatic rings. The van der Waals surface area contributed by atoms with Crippen LogP contribution in [0.1, 0.15) is 38.3 Å². The molecule has 0 bridgehead atoms. The summed E-state index contributed by atoms with van der Waals surface area (Å²) in [4.78, 5) is 28.4. The van der Waals surface area contributed by atoms with Gasteiger partial charge in [-0.3, -0.25) is 13.9 Å². The average molecular weight is 598 g/mol. The molecule has 1 heterocycles. The highest BCUT2D eigenvalue weighted by Crippen LogP contribution is 2.34. The Morgan fingerprint density at radius 2 is 1.60 bits per heavy atom. The number of nitrogens with one attached hydrogen (secondary N) is 1. The van der Waals surface area contributed by atoms with E-state index >= 15 is 0 Å². The molecular formula is C31H36FN3O6S. The number of sulfonamides is 1. The van der Waals surface area contributed by atoms with Crippen molar-refractivity contribution in [3.05, 3.63) is 83.7 Å². The molecule has 0 spiro atoms. The highest BCUT2D eigenvalue weighted by Gasteiger charge is 2.33. The Bertz CT molecular complexity index is 1510. The molecule has 4 rings (SSSR count). The normalized spacial score (nSPS) is 14.0. The fraction of sp³-hybridized carbons (Fsp3) is 0.355. The van der Waals surface area contributed by atoms with Crippen LogP contribution in [0.25, 0.3) is 0 Å². The standard InChI is InChI=1S/C31H36FN3O6S/c1-5-22(3)33-31(37)23(4)34(19-24-8-6-21(2)7-9-24)30(36)20-35(26-12-10-25(32)11-13-26)42(38,39)27-14-15-28-29(18-27)41-17-16-40-28/h6-15,18,22-23H,5,16-17,19-20H2,1-4H3,(H,33,37)/t22-,23-/m1/s1. The minimum absolute atomic E-state index is 0.0789. The molecule has 224 valence electrons. The van der Waals surface area contributed by atoms with E-state index in [1.54, 1.807) is 6.92 Å². The molecule has 0 aromatic heterocycles. The first-order valence-electron chi connectivity index (χ1n) is 13.8. The number of carbonyl (C=O) groups is 2. The predicted molar refractivity (Wildman–Crippen MR) is 157 cm³/mol. The number of anilines is 1. The Kier molecular flexibility index (Phi) is 9.72. The number of benzene rings is 3. The van der Waals surface area contributed by atoms with Gasteiger partial charge in [-0.25, -0.2) is 12.8 Å². The summed E-state index contributed by atoms with van der Waals surface area (Å²) >= 11 is 0. The Balaban J connectivity index is 1.71. The molecule has 0 radical (unpaired) electrons. The Labute approximate surface area is 246 Å². The van der Waals surface area contributed by atoms with Gasteiger partial charge in [0.25, 0.3) is 10.0 Å². The zero-order chi connectivity index (χ0) is 30.4. The summed E-state index contributed by atoms with van der Waals surface area (Å²) in [6.45, 7) is 7.42. The second kappa shape index (κ2) is 13.2. The lowest BCUT2D eigenvalue weighted by Crippen LogP contribution is -2.52. The van der Waals surface area contributed by atoms with Crippen molar-refractivity contribution in [2.75, 3.05) is 24.1 Å². The molecule has 0 aliphatic carbocycles. The lowest BCUT2D eigenvalue weighted by molar-refractivity contribution is -0.139. The van der Waals surface area contributed by atoms with Crippen molar-refractivity contribution in [3.63, 3.8) is 0 Å². The molecule has 3 aromatic carbocycles. The maximum absolute atomic E-state index is 14.0. The van der Waals surface area contributed by atoms with Gasteiger partial charge < -0.3 is 19.7 Å². The van der Waals surface area contributed by atoms with E-state index in [1.165, 1.54) is 35.2 Å². The zero-order valence-corrected chi connectivity index (χ0v) is 25.0. The lowest BCUT2D eigenvalue weighted by Gasteiger charge is -2.32. The van der Waals surface area contributed by atoms with Crippen LogP contribution in [0.15, 0.2) is 71.6 Å². The summed E-state index contributed by atoms with van der Waals surface area (Å²) in [6, 6.07) is 15.6. The van der Waals surface area contributed by atoms with Gasteiger partial charge in [-0.05, 0) is 69.2 Å². The van der Waals surface area contributed by atoms with Gasteiger partial charge in [0.05, 0.1) is 10.6 Å². The smallest absolute Gasteiger partial charge is 0.264 e. The average Bonchev–Trinajstić information content (AvgIpc) is 2.99. The molecule has 0 saturated heterocycles. The van der Waals surface area contributed by atoms with E-state index in [9.17, 15) is 22.4 Å². The Morgan fingerprint density at radius 1 is 0.952 bits per heavy atom. The van der Waals surface area contributed by atoms with Gasteiger partial charge in [0.15, 0.2) is 11.5 Å². The molecule has 42 heavy (non-hydrogen) atoms. The van der Waals surface area contributed by atoms with Gasteiger partial charge in [0.1, 0.15) is 31.6 Å². The maximum atomic E-state index is 14.0. The van der Waals surface area contributed by atoms with Gasteiger partial charge >= 0.3 is 0 Å². The number of fused-ring (bicyclic) bond motifs is 1.